The molecule has 90 valence electrons. The average Bonchev–Trinajstić information content (AvgIpc) is 2.30. The van der Waals surface area contributed by atoms with Crippen molar-refractivity contribution in [2.24, 2.45) is 0 Å². The number of nitrogens with one attached hydrogen (secondary N) is 2. The van der Waals surface area contributed by atoms with Gasteiger partial charge in [0.05, 0.1) is 17.1 Å². The highest BCUT2D eigenvalue weighted by Gasteiger charge is 2.18. The number of carbonyl (C=O) groups is 2. The molecule has 0 aliphatic carbocycles. The number of rotatable bonds is 2. The van der Waals surface area contributed by atoms with Gasteiger partial charge in [0.25, 0.3) is 5.91 Å². The molecule has 1 aromatic carbocycles. The maximum absolute atomic E-state index is 11.3. The molecule has 1 aliphatic rings. The quantitative estimate of drug-likeness (QED) is 0.665. The van der Waals surface area contributed by atoms with Crippen LogP contribution in [0.25, 0.3) is 0 Å². The number of anilines is 3. The first-order chi connectivity index (χ1) is 8.10. The Hall–Kier alpha value is -2.24. The molecule has 17 heavy (non-hydrogen) atoms. The molecular formula is C11H13N3O3. The lowest BCUT2D eigenvalue weighted by atomic mass is 10.2. The van der Waals surface area contributed by atoms with Crippen LogP contribution in [0.1, 0.15) is 13.3 Å². The third-order valence-electron chi connectivity index (χ3n) is 2.38. The fraction of sp³-hybridized carbons (Fsp3) is 0.273. The monoisotopic (exact) mass is 235 g/mol. The third kappa shape index (κ3) is 2.30. The van der Waals surface area contributed by atoms with Crippen LogP contribution >= 0.6 is 0 Å². The van der Waals surface area contributed by atoms with Gasteiger partial charge in [0.2, 0.25) is 5.91 Å². The molecule has 1 heterocycles. The van der Waals surface area contributed by atoms with Crippen LogP contribution in [-0.2, 0) is 9.59 Å². The molecule has 0 saturated carbocycles. The van der Waals surface area contributed by atoms with Crippen molar-refractivity contribution in [2.45, 2.75) is 13.3 Å². The zero-order valence-corrected chi connectivity index (χ0v) is 9.37. The normalized spacial score (nSPS) is 13.4. The fourth-order valence-corrected chi connectivity index (χ4v) is 1.49. The lowest BCUT2D eigenvalue weighted by Gasteiger charge is -2.20. The molecule has 6 heteroatoms. The van der Waals surface area contributed by atoms with Gasteiger partial charge in [-0.1, -0.05) is 6.92 Å². The van der Waals surface area contributed by atoms with Gasteiger partial charge in [-0.15, -0.1) is 0 Å². The zero-order chi connectivity index (χ0) is 12.4. The molecule has 2 amide bonds. The van der Waals surface area contributed by atoms with Crippen molar-refractivity contribution in [3.8, 4) is 5.75 Å². The van der Waals surface area contributed by atoms with E-state index in [0.717, 1.165) is 0 Å². The van der Waals surface area contributed by atoms with Crippen molar-refractivity contribution in [2.75, 3.05) is 23.0 Å². The fourth-order valence-electron chi connectivity index (χ4n) is 1.49. The maximum atomic E-state index is 11.3. The summed E-state index contributed by atoms with van der Waals surface area (Å²) in [5, 5.41) is 5.30. The number of benzene rings is 1. The topological polar surface area (TPSA) is 93.5 Å². The molecule has 0 saturated heterocycles. The number of amides is 2. The molecule has 0 unspecified atom stereocenters. The van der Waals surface area contributed by atoms with Crippen LogP contribution in [0.3, 0.4) is 0 Å². The summed E-state index contributed by atoms with van der Waals surface area (Å²) in [5.74, 6) is 0.145. The summed E-state index contributed by atoms with van der Waals surface area (Å²) in [7, 11) is 0. The number of fused-ring (bicyclic) bond motifs is 1. The summed E-state index contributed by atoms with van der Waals surface area (Å²) < 4.78 is 5.20. The number of carbonyl (C=O) groups excluding carboxylic acids is 2. The van der Waals surface area contributed by atoms with Crippen molar-refractivity contribution in [3.05, 3.63) is 12.1 Å². The SMILES string of the molecule is CCC(=O)Nc1cc2c(cc1N)OCC(=O)N2. The van der Waals surface area contributed by atoms with Gasteiger partial charge in [0.15, 0.2) is 6.61 Å². The largest absolute Gasteiger partial charge is 0.482 e. The number of hydrogen-bond acceptors (Lipinski definition) is 4. The summed E-state index contributed by atoms with van der Waals surface area (Å²) in [5.41, 5.74) is 7.17. The molecule has 0 radical (unpaired) electrons. The van der Waals surface area contributed by atoms with E-state index in [1.54, 1.807) is 19.1 Å². The van der Waals surface area contributed by atoms with E-state index in [9.17, 15) is 9.59 Å². The van der Waals surface area contributed by atoms with E-state index < -0.39 is 0 Å². The second-order valence-corrected chi connectivity index (χ2v) is 3.67. The van der Waals surface area contributed by atoms with Crippen molar-refractivity contribution in [3.63, 3.8) is 0 Å². The molecule has 1 aromatic rings. The Balaban J connectivity index is 2.32. The first-order valence-corrected chi connectivity index (χ1v) is 5.26. The minimum atomic E-state index is -0.227. The molecule has 4 N–H and O–H groups in total. The summed E-state index contributed by atoms with van der Waals surface area (Å²) >= 11 is 0. The predicted octanol–water partition coefficient (Wildman–Crippen LogP) is 0.948. The Morgan fingerprint density at radius 2 is 2.35 bits per heavy atom. The van der Waals surface area contributed by atoms with Gasteiger partial charge in [-0.3, -0.25) is 9.59 Å². The molecule has 1 aliphatic heterocycles. The van der Waals surface area contributed by atoms with Crippen molar-refractivity contribution >= 4 is 28.9 Å². The van der Waals surface area contributed by atoms with E-state index in [0.29, 0.717) is 29.2 Å². The first-order valence-electron chi connectivity index (χ1n) is 5.26. The van der Waals surface area contributed by atoms with E-state index in [-0.39, 0.29) is 18.4 Å². The Labute approximate surface area is 98.1 Å². The van der Waals surface area contributed by atoms with E-state index in [1.165, 1.54) is 0 Å². The Bertz CT molecular complexity index is 485. The Morgan fingerprint density at radius 3 is 3.06 bits per heavy atom. The van der Waals surface area contributed by atoms with Crippen LogP contribution < -0.4 is 21.1 Å². The number of nitrogen functional groups attached to an aromatic ring is 1. The van der Waals surface area contributed by atoms with Gasteiger partial charge in [-0.2, -0.15) is 0 Å². The van der Waals surface area contributed by atoms with Crippen LogP contribution in [0.4, 0.5) is 17.1 Å². The maximum Gasteiger partial charge on any atom is 0.262 e. The van der Waals surface area contributed by atoms with E-state index >= 15 is 0 Å². The lowest BCUT2D eigenvalue weighted by molar-refractivity contribution is -0.118. The minimum absolute atomic E-state index is 0.0207. The molecule has 2 rings (SSSR count). The first kappa shape index (κ1) is 11.3. The average molecular weight is 235 g/mol. The van der Waals surface area contributed by atoms with Crippen molar-refractivity contribution < 1.29 is 14.3 Å². The smallest absolute Gasteiger partial charge is 0.262 e. The molecule has 0 fully saturated rings. The lowest BCUT2D eigenvalue weighted by Crippen LogP contribution is -2.25. The predicted molar refractivity (Wildman–Crippen MR) is 63.9 cm³/mol. The standard InChI is InChI=1S/C11H13N3O3/c1-2-10(15)13-7-4-8-9(3-6(7)12)17-5-11(16)14-8/h3-4H,2,5,12H2,1H3,(H,13,15)(H,14,16). The summed E-state index contributed by atoms with van der Waals surface area (Å²) in [6.07, 6.45) is 0.360. The minimum Gasteiger partial charge on any atom is -0.482 e. The molecule has 0 atom stereocenters. The van der Waals surface area contributed by atoms with E-state index in [4.69, 9.17) is 10.5 Å². The number of nitrogens with two attached hydrogens (primary N) is 1. The Morgan fingerprint density at radius 1 is 1.59 bits per heavy atom. The van der Waals surface area contributed by atoms with E-state index in [2.05, 4.69) is 10.6 Å². The molecule has 0 spiro atoms. The van der Waals surface area contributed by atoms with Crippen LogP contribution in [0, 0.1) is 0 Å². The van der Waals surface area contributed by atoms with Crippen molar-refractivity contribution in [1.29, 1.82) is 0 Å². The van der Waals surface area contributed by atoms with Crippen LogP contribution in [0.15, 0.2) is 12.1 Å². The van der Waals surface area contributed by atoms with Crippen LogP contribution in [0.5, 0.6) is 5.75 Å². The molecule has 0 aromatic heterocycles. The van der Waals surface area contributed by atoms with Crippen LogP contribution in [0.2, 0.25) is 0 Å². The van der Waals surface area contributed by atoms with Crippen molar-refractivity contribution in [1.82, 2.24) is 0 Å². The highest BCUT2D eigenvalue weighted by atomic mass is 16.5. The van der Waals surface area contributed by atoms with Gasteiger partial charge in [0.1, 0.15) is 5.75 Å². The van der Waals surface area contributed by atoms with Gasteiger partial charge >= 0.3 is 0 Å². The molecule has 0 bridgehead atoms. The van der Waals surface area contributed by atoms with Gasteiger partial charge < -0.3 is 21.1 Å². The third-order valence-corrected chi connectivity index (χ3v) is 2.38. The van der Waals surface area contributed by atoms with Gasteiger partial charge in [0, 0.05) is 12.5 Å². The molecule has 6 nitrogen and oxygen atoms in total. The van der Waals surface area contributed by atoms with Gasteiger partial charge in [-0.25, -0.2) is 0 Å². The zero-order valence-electron chi connectivity index (χ0n) is 9.37. The Kier molecular flexibility index (Phi) is 2.86. The summed E-state index contributed by atoms with van der Waals surface area (Å²) in [6.45, 7) is 1.72. The highest BCUT2D eigenvalue weighted by molar-refractivity contribution is 6.00. The second kappa shape index (κ2) is 4.32. The molecular weight excluding hydrogens is 222 g/mol. The van der Waals surface area contributed by atoms with Crippen LogP contribution in [-0.4, -0.2) is 18.4 Å². The number of ether oxygens (including phenoxy) is 1. The van der Waals surface area contributed by atoms with Gasteiger partial charge in [-0.05, 0) is 6.07 Å². The number of hydrogen-bond donors (Lipinski definition) is 3. The second-order valence-electron chi connectivity index (χ2n) is 3.67. The highest BCUT2D eigenvalue weighted by Crippen LogP contribution is 2.35. The summed E-state index contributed by atoms with van der Waals surface area (Å²) in [6, 6.07) is 3.18. The van der Waals surface area contributed by atoms with E-state index in [1.807, 2.05) is 0 Å². The summed E-state index contributed by atoms with van der Waals surface area (Å²) in [4.78, 5) is 22.4.